The molecule has 4 aromatic carbocycles. The van der Waals surface area contributed by atoms with Gasteiger partial charge in [-0.2, -0.15) is 5.10 Å². The molecule has 0 unspecified atom stereocenters. The molecule has 3 amide bonds. The Kier molecular flexibility index (Phi) is 10.1. The number of para-hydroxylation sites is 1. The Bertz CT molecular complexity index is 1880. The average molecular weight is 657 g/mol. The molecule has 2 aliphatic heterocycles. The van der Waals surface area contributed by atoms with Crippen molar-refractivity contribution in [2.75, 3.05) is 23.1 Å². The van der Waals surface area contributed by atoms with Crippen molar-refractivity contribution in [2.45, 2.75) is 44.9 Å². The van der Waals surface area contributed by atoms with Crippen LogP contribution in [-0.2, 0) is 33.1 Å². The lowest BCUT2D eigenvalue weighted by atomic mass is 9.83. The summed E-state index contributed by atoms with van der Waals surface area (Å²) in [6, 6.07) is 34.0. The van der Waals surface area contributed by atoms with Crippen molar-refractivity contribution in [3.8, 4) is 0 Å². The molecule has 0 aliphatic carbocycles. The third-order valence-corrected chi connectivity index (χ3v) is 9.13. The second-order valence-corrected chi connectivity index (χ2v) is 12.4. The molecule has 0 radical (unpaired) electrons. The molecule has 0 fully saturated rings. The van der Waals surface area contributed by atoms with Crippen LogP contribution in [0.25, 0.3) is 0 Å². The molecule has 49 heavy (non-hydrogen) atoms. The van der Waals surface area contributed by atoms with Crippen molar-refractivity contribution < 1.29 is 24.6 Å². The van der Waals surface area contributed by atoms with Gasteiger partial charge in [0.1, 0.15) is 0 Å². The van der Waals surface area contributed by atoms with Gasteiger partial charge in [-0.05, 0) is 34.9 Å². The van der Waals surface area contributed by atoms with Gasteiger partial charge < -0.3 is 20.0 Å². The number of carbonyl (C=O) groups is 3. The van der Waals surface area contributed by atoms with Crippen LogP contribution in [0.4, 0.5) is 11.4 Å². The van der Waals surface area contributed by atoms with Crippen molar-refractivity contribution >= 4 is 34.8 Å². The van der Waals surface area contributed by atoms with E-state index in [9.17, 15) is 24.6 Å². The SMILES string of the molecule is C[C@@H](/C=C/CC(=O)N(CCO)Cc1ccccc1)[C@]1(O)C(=O)N(Cc2cccc(N3N=C(c4ccccc4)CCC3=O)c2)c2ccccc21. The molecule has 0 bridgehead atoms. The standard InChI is InChI=1S/C40H40N4O5/c1-29(12-10-21-37(46)42(24-25-45)27-30-13-4-2-5-14-30)40(49)34-19-8-9-20-36(34)43(39(40)48)28-31-15-11-18-33(26-31)44-38(47)23-22-35(41-44)32-16-6-3-7-17-32/h2-20,26,29,45,49H,21-25,27-28H2,1H3/b12-10+/t29-,40+/m0/s1. The van der Waals surface area contributed by atoms with Crippen LogP contribution in [0, 0.1) is 5.92 Å². The van der Waals surface area contributed by atoms with Crippen LogP contribution in [-0.4, -0.2) is 51.7 Å². The first kappa shape index (κ1) is 33.5. The van der Waals surface area contributed by atoms with E-state index in [2.05, 4.69) is 5.10 Å². The lowest BCUT2D eigenvalue weighted by molar-refractivity contribution is -0.139. The summed E-state index contributed by atoms with van der Waals surface area (Å²) in [5.74, 6) is -1.39. The fourth-order valence-corrected chi connectivity index (χ4v) is 6.48. The van der Waals surface area contributed by atoms with E-state index in [-0.39, 0.29) is 37.9 Å². The number of carbonyl (C=O) groups excluding carboxylic acids is 3. The fourth-order valence-electron chi connectivity index (χ4n) is 6.48. The number of rotatable bonds is 12. The first-order valence-electron chi connectivity index (χ1n) is 16.6. The second kappa shape index (κ2) is 14.8. The number of nitrogens with zero attached hydrogens (tertiary/aromatic N) is 4. The summed E-state index contributed by atoms with van der Waals surface area (Å²) in [5, 5.41) is 27.7. The van der Waals surface area contributed by atoms with Crippen molar-refractivity contribution in [1.29, 1.82) is 0 Å². The van der Waals surface area contributed by atoms with E-state index in [1.807, 2.05) is 97.1 Å². The lowest BCUT2D eigenvalue weighted by Gasteiger charge is -2.28. The van der Waals surface area contributed by atoms with Crippen molar-refractivity contribution in [2.24, 2.45) is 11.0 Å². The van der Waals surface area contributed by atoms with Gasteiger partial charge in [0, 0.05) is 43.8 Å². The minimum atomic E-state index is -1.85. The molecule has 0 saturated heterocycles. The average Bonchev–Trinajstić information content (AvgIpc) is 3.35. The molecule has 6 rings (SSSR count). The van der Waals surface area contributed by atoms with Crippen molar-refractivity contribution in [3.05, 3.63) is 144 Å². The zero-order valence-corrected chi connectivity index (χ0v) is 27.5. The highest BCUT2D eigenvalue weighted by atomic mass is 16.3. The Hall–Kier alpha value is -5.38. The summed E-state index contributed by atoms with van der Waals surface area (Å²) < 4.78 is 0. The molecule has 250 valence electrons. The molecule has 2 N–H and O–H groups in total. The van der Waals surface area contributed by atoms with Crippen LogP contribution >= 0.6 is 0 Å². The summed E-state index contributed by atoms with van der Waals surface area (Å²) >= 11 is 0. The van der Waals surface area contributed by atoms with Crippen LogP contribution in [0.5, 0.6) is 0 Å². The minimum Gasteiger partial charge on any atom is -0.395 e. The van der Waals surface area contributed by atoms with E-state index >= 15 is 0 Å². The highest BCUT2D eigenvalue weighted by Crippen LogP contribution is 2.45. The van der Waals surface area contributed by atoms with E-state index in [4.69, 9.17) is 0 Å². The van der Waals surface area contributed by atoms with E-state index < -0.39 is 17.4 Å². The highest BCUT2D eigenvalue weighted by molar-refractivity contribution is 6.09. The number of anilines is 2. The zero-order chi connectivity index (χ0) is 34.4. The first-order valence-corrected chi connectivity index (χ1v) is 16.6. The molecule has 2 aliphatic rings. The molecule has 0 aromatic heterocycles. The Balaban J connectivity index is 1.19. The third kappa shape index (κ3) is 7.09. The number of aliphatic hydroxyl groups is 2. The third-order valence-electron chi connectivity index (χ3n) is 9.13. The lowest BCUT2D eigenvalue weighted by Crippen LogP contribution is -2.44. The maximum Gasteiger partial charge on any atom is 0.264 e. The molecule has 4 aromatic rings. The Morgan fingerprint density at radius 3 is 2.37 bits per heavy atom. The van der Waals surface area contributed by atoms with E-state index in [1.165, 1.54) is 5.01 Å². The van der Waals surface area contributed by atoms with Crippen LogP contribution in [0.1, 0.15) is 48.4 Å². The topological polar surface area (TPSA) is 114 Å². The predicted molar refractivity (Wildman–Crippen MR) is 190 cm³/mol. The monoisotopic (exact) mass is 656 g/mol. The number of hydrogen-bond acceptors (Lipinski definition) is 6. The quantitative estimate of drug-likeness (QED) is 0.194. The van der Waals surface area contributed by atoms with Gasteiger partial charge in [-0.15, -0.1) is 0 Å². The summed E-state index contributed by atoms with van der Waals surface area (Å²) in [4.78, 5) is 43.3. The molecule has 0 spiro atoms. The molecule has 9 heteroatoms. The molecule has 2 atom stereocenters. The van der Waals surface area contributed by atoms with E-state index in [0.717, 1.165) is 22.4 Å². The van der Waals surface area contributed by atoms with Gasteiger partial charge in [-0.3, -0.25) is 14.4 Å². The Morgan fingerprint density at radius 1 is 0.918 bits per heavy atom. The van der Waals surface area contributed by atoms with Gasteiger partial charge in [0.25, 0.3) is 5.91 Å². The second-order valence-electron chi connectivity index (χ2n) is 12.4. The highest BCUT2D eigenvalue weighted by Gasteiger charge is 2.52. The maximum absolute atomic E-state index is 14.1. The molecular weight excluding hydrogens is 616 g/mol. The van der Waals surface area contributed by atoms with E-state index in [1.54, 1.807) is 41.0 Å². The summed E-state index contributed by atoms with van der Waals surface area (Å²) in [7, 11) is 0. The minimum absolute atomic E-state index is 0.0588. The maximum atomic E-state index is 14.1. The molecular formula is C40H40N4O5. The van der Waals surface area contributed by atoms with E-state index in [0.29, 0.717) is 36.3 Å². The van der Waals surface area contributed by atoms with Crippen LogP contribution in [0.15, 0.2) is 126 Å². The van der Waals surface area contributed by atoms with Gasteiger partial charge in [-0.1, -0.05) is 110 Å². The largest absolute Gasteiger partial charge is 0.395 e. The van der Waals surface area contributed by atoms with Gasteiger partial charge in [0.2, 0.25) is 11.8 Å². The number of hydrogen-bond donors (Lipinski definition) is 2. The Labute approximate surface area is 286 Å². The molecule has 2 heterocycles. The number of hydrazone groups is 1. The van der Waals surface area contributed by atoms with Gasteiger partial charge in [-0.25, -0.2) is 5.01 Å². The fraction of sp³-hybridized carbons (Fsp3) is 0.250. The van der Waals surface area contributed by atoms with Crippen molar-refractivity contribution in [1.82, 2.24) is 4.90 Å². The van der Waals surface area contributed by atoms with Gasteiger partial charge >= 0.3 is 0 Å². The zero-order valence-electron chi connectivity index (χ0n) is 27.5. The number of fused-ring (bicyclic) bond motifs is 1. The van der Waals surface area contributed by atoms with Gasteiger partial charge in [0.15, 0.2) is 5.60 Å². The van der Waals surface area contributed by atoms with Crippen LogP contribution < -0.4 is 9.91 Å². The number of benzene rings is 4. The summed E-state index contributed by atoms with van der Waals surface area (Å²) in [6.07, 6.45) is 4.35. The van der Waals surface area contributed by atoms with Crippen molar-refractivity contribution in [3.63, 3.8) is 0 Å². The summed E-state index contributed by atoms with van der Waals surface area (Å²) in [5.41, 5.74) is 3.39. The normalized spacial score (nSPS) is 18.1. The Morgan fingerprint density at radius 2 is 1.61 bits per heavy atom. The smallest absolute Gasteiger partial charge is 0.264 e. The molecule has 0 saturated carbocycles. The predicted octanol–water partition coefficient (Wildman–Crippen LogP) is 5.56. The number of amides is 3. The number of aliphatic hydroxyl groups excluding tert-OH is 1. The molecule has 9 nitrogen and oxygen atoms in total. The van der Waals surface area contributed by atoms with Crippen LogP contribution in [0.3, 0.4) is 0 Å². The van der Waals surface area contributed by atoms with Crippen LogP contribution in [0.2, 0.25) is 0 Å². The first-order chi connectivity index (χ1) is 23.8. The van der Waals surface area contributed by atoms with Gasteiger partial charge in [0.05, 0.1) is 30.2 Å². The summed E-state index contributed by atoms with van der Waals surface area (Å²) in [6.45, 7) is 2.36.